The van der Waals surface area contributed by atoms with E-state index in [1.54, 1.807) is 20.8 Å². The van der Waals surface area contributed by atoms with Gasteiger partial charge < -0.3 is 20.5 Å². The molecule has 1 aromatic carbocycles. The van der Waals surface area contributed by atoms with Crippen molar-refractivity contribution in [3.63, 3.8) is 0 Å². The van der Waals surface area contributed by atoms with Crippen molar-refractivity contribution in [1.82, 2.24) is 5.32 Å². The third kappa shape index (κ3) is 4.24. The molecule has 7 nitrogen and oxygen atoms in total. The minimum Gasteiger partial charge on any atom is -0.478 e. The lowest BCUT2D eigenvalue weighted by molar-refractivity contribution is -0.125. The zero-order chi connectivity index (χ0) is 18.0. The molecule has 1 fully saturated rings. The fraction of sp³-hybridized carbons (Fsp3) is 0.471. The van der Waals surface area contributed by atoms with Crippen LogP contribution in [0.25, 0.3) is 0 Å². The largest absolute Gasteiger partial charge is 0.478 e. The number of carboxylic acids is 1. The van der Waals surface area contributed by atoms with Gasteiger partial charge in [-0.1, -0.05) is 0 Å². The van der Waals surface area contributed by atoms with Crippen molar-refractivity contribution < 1.29 is 24.2 Å². The van der Waals surface area contributed by atoms with Gasteiger partial charge in [0.1, 0.15) is 11.1 Å². The molecule has 1 saturated carbocycles. The zero-order valence-electron chi connectivity index (χ0n) is 14.0. The highest BCUT2D eigenvalue weighted by Crippen LogP contribution is 2.33. The minimum absolute atomic E-state index is 0.137. The quantitative estimate of drug-likeness (QED) is 0.785. The topological polar surface area (TPSA) is 105 Å². The Morgan fingerprint density at radius 2 is 1.71 bits per heavy atom. The average molecular weight is 334 g/mol. The molecule has 0 saturated heterocycles. The highest BCUT2D eigenvalue weighted by molar-refractivity contribution is 6.01. The van der Waals surface area contributed by atoms with E-state index in [1.165, 1.54) is 24.3 Å². The summed E-state index contributed by atoms with van der Waals surface area (Å²) in [5.41, 5.74) is -1.01. The van der Waals surface area contributed by atoms with Crippen LogP contribution >= 0.6 is 0 Å². The van der Waals surface area contributed by atoms with Crippen LogP contribution < -0.4 is 10.6 Å². The summed E-state index contributed by atoms with van der Waals surface area (Å²) in [6.45, 7) is 5.26. The number of carbonyl (C=O) groups is 3. The smallest absolute Gasteiger partial charge is 0.408 e. The van der Waals surface area contributed by atoms with Crippen LogP contribution in [-0.4, -0.2) is 34.2 Å². The summed E-state index contributed by atoms with van der Waals surface area (Å²) in [4.78, 5) is 35.3. The van der Waals surface area contributed by atoms with E-state index in [9.17, 15) is 14.4 Å². The number of ether oxygens (including phenoxy) is 1. The first-order chi connectivity index (χ1) is 11.1. The second-order valence-electron chi connectivity index (χ2n) is 6.90. The number of hydrogen-bond donors (Lipinski definition) is 3. The van der Waals surface area contributed by atoms with Gasteiger partial charge in [0.2, 0.25) is 5.91 Å². The molecule has 0 unspecified atom stereocenters. The van der Waals surface area contributed by atoms with E-state index >= 15 is 0 Å². The van der Waals surface area contributed by atoms with Gasteiger partial charge in [0.15, 0.2) is 0 Å². The number of nitrogens with one attached hydrogen (secondary N) is 2. The van der Waals surface area contributed by atoms with Gasteiger partial charge in [-0.05, 0) is 64.3 Å². The van der Waals surface area contributed by atoms with Gasteiger partial charge >= 0.3 is 12.1 Å². The number of carboxylic acid groups (broad SMARTS) is 1. The van der Waals surface area contributed by atoms with E-state index in [1.807, 2.05) is 0 Å². The third-order valence-electron chi connectivity index (χ3n) is 3.77. The number of hydrogen-bond acceptors (Lipinski definition) is 4. The Hall–Kier alpha value is -2.57. The van der Waals surface area contributed by atoms with E-state index in [-0.39, 0.29) is 11.5 Å². The van der Waals surface area contributed by atoms with Gasteiger partial charge in [0.05, 0.1) is 5.56 Å². The Bertz CT molecular complexity index is 642. The molecule has 0 bridgehead atoms. The van der Waals surface area contributed by atoms with Crippen LogP contribution in [0.5, 0.6) is 0 Å². The second kappa shape index (κ2) is 6.51. The standard InChI is InChI=1S/C17H22N2O5/c1-16(2,3)24-15(23)19-17(9-4-10-17)14(22)18-12-7-5-11(6-8-12)13(20)21/h5-8H,4,9-10H2,1-3H3,(H,18,22)(H,19,23)(H,20,21). The molecule has 0 heterocycles. The first kappa shape index (κ1) is 17.8. The zero-order valence-corrected chi connectivity index (χ0v) is 14.0. The number of rotatable bonds is 4. The van der Waals surface area contributed by atoms with E-state index in [0.717, 1.165) is 6.42 Å². The minimum atomic E-state index is -1.03. The van der Waals surface area contributed by atoms with E-state index < -0.39 is 23.2 Å². The predicted octanol–water partition coefficient (Wildman–Crippen LogP) is 2.77. The summed E-state index contributed by atoms with van der Waals surface area (Å²) in [5, 5.41) is 14.3. The Balaban J connectivity index is 2.03. The summed E-state index contributed by atoms with van der Waals surface area (Å²) in [7, 11) is 0. The summed E-state index contributed by atoms with van der Waals surface area (Å²) >= 11 is 0. The molecule has 0 aromatic heterocycles. The van der Waals surface area contributed by atoms with Crippen molar-refractivity contribution in [1.29, 1.82) is 0 Å². The molecule has 2 amide bonds. The van der Waals surface area contributed by atoms with Crippen LogP contribution in [0.2, 0.25) is 0 Å². The van der Waals surface area contributed by atoms with E-state index in [2.05, 4.69) is 10.6 Å². The molecule has 1 aromatic rings. The Kier molecular flexibility index (Phi) is 4.82. The summed E-state index contributed by atoms with van der Waals surface area (Å²) < 4.78 is 5.22. The highest BCUT2D eigenvalue weighted by Gasteiger charge is 2.46. The molecule has 24 heavy (non-hydrogen) atoms. The Labute approximate surface area is 140 Å². The molecular formula is C17H22N2O5. The highest BCUT2D eigenvalue weighted by atomic mass is 16.6. The summed E-state index contributed by atoms with van der Waals surface area (Å²) in [5.74, 6) is -1.36. The van der Waals surface area contributed by atoms with Crippen molar-refractivity contribution in [2.45, 2.75) is 51.2 Å². The van der Waals surface area contributed by atoms with E-state index in [0.29, 0.717) is 18.5 Å². The number of carbonyl (C=O) groups excluding carboxylic acids is 2. The van der Waals surface area contributed by atoms with Crippen molar-refractivity contribution in [2.24, 2.45) is 0 Å². The van der Waals surface area contributed by atoms with Crippen LogP contribution in [-0.2, 0) is 9.53 Å². The SMILES string of the molecule is CC(C)(C)OC(=O)NC1(C(=O)Nc2ccc(C(=O)O)cc2)CCC1. The molecule has 0 radical (unpaired) electrons. The van der Waals surface area contributed by atoms with Crippen LogP contribution in [0.3, 0.4) is 0 Å². The maximum Gasteiger partial charge on any atom is 0.408 e. The third-order valence-corrected chi connectivity index (χ3v) is 3.77. The lowest BCUT2D eigenvalue weighted by atomic mass is 9.76. The number of anilines is 1. The number of alkyl carbamates (subject to hydrolysis) is 1. The van der Waals surface area contributed by atoms with Gasteiger partial charge in [-0.3, -0.25) is 4.79 Å². The van der Waals surface area contributed by atoms with Crippen molar-refractivity contribution in [3.05, 3.63) is 29.8 Å². The monoisotopic (exact) mass is 334 g/mol. The van der Waals surface area contributed by atoms with Gasteiger partial charge in [-0.15, -0.1) is 0 Å². The number of amides is 2. The average Bonchev–Trinajstić information content (AvgIpc) is 2.41. The van der Waals surface area contributed by atoms with Crippen LogP contribution in [0.1, 0.15) is 50.4 Å². The lowest BCUT2D eigenvalue weighted by Gasteiger charge is -2.40. The van der Waals surface area contributed by atoms with Crippen molar-refractivity contribution in [3.8, 4) is 0 Å². The fourth-order valence-electron chi connectivity index (χ4n) is 2.39. The predicted molar refractivity (Wildman–Crippen MR) is 88.0 cm³/mol. The maximum absolute atomic E-state index is 12.5. The fourth-order valence-corrected chi connectivity index (χ4v) is 2.39. The Morgan fingerprint density at radius 3 is 2.12 bits per heavy atom. The molecule has 1 aliphatic carbocycles. The second-order valence-corrected chi connectivity index (χ2v) is 6.90. The van der Waals surface area contributed by atoms with Gasteiger partial charge in [0.25, 0.3) is 0 Å². The van der Waals surface area contributed by atoms with Gasteiger partial charge in [-0.2, -0.15) is 0 Å². The maximum atomic E-state index is 12.5. The first-order valence-electron chi connectivity index (χ1n) is 7.77. The van der Waals surface area contributed by atoms with Crippen molar-refractivity contribution >= 4 is 23.7 Å². The molecule has 0 aliphatic heterocycles. The molecule has 0 atom stereocenters. The summed E-state index contributed by atoms with van der Waals surface area (Å²) in [6.07, 6.45) is 1.27. The van der Waals surface area contributed by atoms with Crippen LogP contribution in [0.15, 0.2) is 24.3 Å². The molecule has 3 N–H and O–H groups in total. The molecule has 1 aliphatic rings. The van der Waals surface area contributed by atoms with Crippen molar-refractivity contribution in [2.75, 3.05) is 5.32 Å². The summed E-state index contributed by atoms with van der Waals surface area (Å²) in [6, 6.07) is 5.85. The first-order valence-corrected chi connectivity index (χ1v) is 7.77. The van der Waals surface area contributed by atoms with Gasteiger partial charge in [-0.25, -0.2) is 9.59 Å². The molecule has 0 spiro atoms. The number of benzene rings is 1. The van der Waals surface area contributed by atoms with Gasteiger partial charge in [0, 0.05) is 5.69 Å². The van der Waals surface area contributed by atoms with E-state index in [4.69, 9.17) is 9.84 Å². The lowest BCUT2D eigenvalue weighted by Crippen LogP contribution is -2.61. The number of aromatic carboxylic acids is 1. The normalized spacial score (nSPS) is 15.8. The van der Waals surface area contributed by atoms with Crippen LogP contribution in [0.4, 0.5) is 10.5 Å². The Morgan fingerprint density at radius 1 is 1.12 bits per heavy atom. The molecule has 7 heteroatoms. The molecule has 130 valence electrons. The molecule has 2 rings (SSSR count). The van der Waals surface area contributed by atoms with Crippen LogP contribution in [0, 0.1) is 0 Å². The molecular weight excluding hydrogens is 312 g/mol.